The van der Waals surface area contributed by atoms with Crippen molar-refractivity contribution >= 4 is 34.5 Å². The summed E-state index contributed by atoms with van der Waals surface area (Å²) in [6.07, 6.45) is 0. The van der Waals surface area contributed by atoms with Crippen LogP contribution >= 0.6 is 34.5 Å². The molecular formula is C11H10Cl2N2OS. The van der Waals surface area contributed by atoms with E-state index in [4.69, 9.17) is 33.7 Å². The summed E-state index contributed by atoms with van der Waals surface area (Å²) in [5.74, 6) is 0.629. The van der Waals surface area contributed by atoms with Gasteiger partial charge in [0.2, 0.25) is 0 Å². The lowest BCUT2D eigenvalue weighted by molar-refractivity contribution is 0.302. The monoisotopic (exact) mass is 288 g/mol. The number of aromatic nitrogens is 1. The normalized spacial score (nSPS) is 10.5. The molecule has 0 unspecified atom stereocenters. The van der Waals surface area contributed by atoms with E-state index in [2.05, 4.69) is 4.98 Å². The van der Waals surface area contributed by atoms with Crippen LogP contribution in [-0.4, -0.2) is 4.98 Å². The van der Waals surface area contributed by atoms with E-state index in [0.29, 0.717) is 28.9 Å². The van der Waals surface area contributed by atoms with Crippen LogP contribution in [0.25, 0.3) is 0 Å². The Hall–Kier alpha value is -0.810. The lowest BCUT2D eigenvalue weighted by Crippen LogP contribution is -1.98. The topological polar surface area (TPSA) is 48.1 Å². The quantitative estimate of drug-likeness (QED) is 0.937. The molecule has 17 heavy (non-hydrogen) atoms. The van der Waals surface area contributed by atoms with Crippen LogP contribution in [0, 0.1) is 0 Å². The molecule has 0 saturated heterocycles. The van der Waals surface area contributed by atoms with Crippen molar-refractivity contribution in [2.75, 3.05) is 0 Å². The molecule has 0 saturated carbocycles. The molecule has 3 nitrogen and oxygen atoms in total. The second-order valence-corrected chi connectivity index (χ2v) is 5.15. The maximum Gasteiger partial charge on any atom is 0.131 e. The van der Waals surface area contributed by atoms with Crippen molar-refractivity contribution in [2.45, 2.75) is 13.2 Å². The fourth-order valence-corrected chi connectivity index (χ4v) is 2.44. The second kappa shape index (κ2) is 5.69. The maximum atomic E-state index is 5.86. The average molecular weight is 289 g/mol. The number of hydrogen-bond acceptors (Lipinski definition) is 4. The van der Waals surface area contributed by atoms with E-state index in [1.54, 1.807) is 18.2 Å². The van der Waals surface area contributed by atoms with Gasteiger partial charge in [0.25, 0.3) is 0 Å². The molecule has 0 atom stereocenters. The third kappa shape index (κ3) is 3.57. The fourth-order valence-electron chi connectivity index (χ4n) is 1.28. The largest absolute Gasteiger partial charge is 0.487 e. The Morgan fingerprint density at radius 2 is 1.94 bits per heavy atom. The minimum atomic E-state index is 0.382. The van der Waals surface area contributed by atoms with Crippen LogP contribution in [0.15, 0.2) is 23.6 Å². The van der Waals surface area contributed by atoms with Gasteiger partial charge in [-0.25, -0.2) is 4.98 Å². The number of rotatable bonds is 4. The highest BCUT2D eigenvalue weighted by molar-refractivity contribution is 7.09. The Morgan fingerprint density at radius 1 is 1.24 bits per heavy atom. The summed E-state index contributed by atoms with van der Waals surface area (Å²) in [6.45, 7) is 0.834. The number of ether oxygens (including phenoxy) is 1. The van der Waals surface area contributed by atoms with Crippen molar-refractivity contribution in [3.63, 3.8) is 0 Å². The molecule has 2 N–H and O–H groups in total. The summed E-state index contributed by atoms with van der Waals surface area (Å²) < 4.78 is 5.55. The molecule has 2 aromatic rings. The molecule has 0 spiro atoms. The summed E-state index contributed by atoms with van der Waals surface area (Å²) in [7, 11) is 0. The molecule has 0 radical (unpaired) electrons. The molecule has 2 rings (SSSR count). The molecule has 1 aromatic carbocycles. The standard InChI is InChI=1S/C11H10Cl2N2OS/c12-7-1-8(13)3-10(2-7)16-5-9-6-17-11(4-14)15-9/h1-3,6H,4-5,14H2. The van der Waals surface area contributed by atoms with Gasteiger partial charge in [-0.05, 0) is 18.2 Å². The van der Waals surface area contributed by atoms with E-state index < -0.39 is 0 Å². The number of thiazole rings is 1. The van der Waals surface area contributed by atoms with Gasteiger partial charge in [0.15, 0.2) is 0 Å². The lowest BCUT2D eigenvalue weighted by atomic mass is 10.3. The molecule has 0 amide bonds. The van der Waals surface area contributed by atoms with Crippen molar-refractivity contribution in [1.29, 1.82) is 0 Å². The Bertz CT molecular complexity index is 496. The minimum Gasteiger partial charge on any atom is -0.487 e. The Morgan fingerprint density at radius 3 is 2.53 bits per heavy atom. The number of nitrogens with zero attached hydrogens (tertiary/aromatic N) is 1. The predicted molar refractivity (Wildman–Crippen MR) is 70.8 cm³/mol. The van der Waals surface area contributed by atoms with E-state index >= 15 is 0 Å². The molecule has 1 heterocycles. The maximum absolute atomic E-state index is 5.86. The van der Waals surface area contributed by atoms with E-state index in [-0.39, 0.29) is 0 Å². The average Bonchev–Trinajstić information content (AvgIpc) is 2.73. The zero-order valence-electron chi connectivity index (χ0n) is 8.82. The molecule has 1 aromatic heterocycles. The van der Waals surface area contributed by atoms with Gasteiger partial charge < -0.3 is 10.5 Å². The Labute approximate surface area is 113 Å². The fraction of sp³-hybridized carbons (Fsp3) is 0.182. The lowest BCUT2D eigenvalue weighted by Gasteiger charge is -2.05. The van der Waals surface area contributed by atoms with Crippen LogP contribution in [0.4, 0.5) is 0 Å². The van der Waals surface area contributed by atoms with Crippen LogP contribution < -0.4 is 10.5 Å². The van der Waals surface area contributed by atoms with Crippen LogP contribution in [0.1, 0.15) is 10.7 Å². The minimum absolute atomic E-state index is 0.382. The van der Waals surface area contributed by atoms with Crippen LogP contribution in [0.3, 0.4) is 0 Å². The van der Waals surface area contributed by atoms with Gasteiger partial charge in [-0.1, -0.05) is 23.2 Å². The van der Waals surface area contributed by atoms with E-state index in [1.165, 1.54) is 11.3 Å². The summed E-state index contributed by atoms with van der Waals surface area (Å²) >= 11 is 13.3. The van der Waals surface area contributed by atoms with E-state index in [9.17, 15) is 0 Å². The summed E-state index contributed by atoms with van der Waals surface area (Å²) in [6, 6.07) is 5.08. The van der Waals surface area contributed by atoms with E-state index in [1.807, 2.05) is 5.38 Å². The van der Waals surface area contributed by atoms with Crippen molar-refractivity contribution in [1.82, 2.24) is 4.98 Å². The SMILES string of the molecule is NCc1nc(COc2cc(Cl)cc(Cl)c2)cs1. The molecule has 6 heteroatoms. The van der Waals surface area contributed by atoms with Crippen molar-refractivity contribution in [2.24, 2.45) is 5.73 Å². The third-order valence-electron chi connectivity index (χ3n) is 2.00. The van der Waals surface area contributed by atoms with Crippen molar-refractivity contribution < 1.29 is 4.74 Å². The molecule has 0 aliphatic heterocycles. The highest BCUT2D eigenvalue weighted by Crippen LogP contribution is 2.24. The van der Waals surface area contributed by atoms with Crippen molar-refractivity contribution in [3.05, 3.63) is 44.3 Å². The first kappa shape index (κ1) is 12.6. The van der Waals surface area contributed by atoms with Gasteiger partial charge in [0.1, 0.15) is 17.4 Å². The summed E-state index contributed by atoms with van der Waals surface area (Å²) in [5.41, 5.74) is 6.34. The van der Waals surface area contributed by atoms with Crippen LogP contribution in [-0.2, 0) is 13.2 Å². The first-order valence-electron chi connectivity index (χ1n) is 4.89. The van der Waals surface area contributed by atoms with Gasteiger partial charge >= 0.3 is 0 Å². The smallest absolute Gasteiger partial charge is 0.131 e. The third-order valence-corrected chi connectivity index (χ3v) is 3.35. The van der Waals surface area contributed by atoms with Gasteiger partial charge in [-0.3, -0.25) is 0 Å². The van der Waals surface area contributed by atoms with Crippen LogP contribution in [0.2, 0.25) is 10.0 Å². The van der Waals surface area contributed by atoms with E-state index in [0.717, 1.165) is 10.7 Å². The molecule has 0 aliphatic rings. The predicted octanol–water partition coefficient (Wildman–Crippen LogP) is 3.49. The molecular weight excluding hydrogens is 279 g/mol. The first-order valence-corrected chi connectivity index (χ1v) is 6.53. The van der Waals surface area contributed by atoms with Gasteiger partial charge in [0.05, 0.1) is 5.69 Å². The number of halogens is 2. The molecule has 90 valence electrons. The van der Waals surface area contributed by atoms with Crippen LogP contribution in [0.5, 0.6) is 5.75 Å². The van der Waals surface area contributed by atoms with Crippen molar-refractivity contribution in [3.8, 4) is 5.75 Å². The van der Waals surface area contributed by atoms with Gasteiger partial charge in [-0.2, -0.15) is 0 Å². The zero-order chi connectivity index (χ0) is 12.3. The summed E-state index contributed by atoms with van der Waals surface area (Å²) in [5, 5.41) is 3.92. The molecule has 0 aliphatic carbocycles. The number of hydrogen-bond donors (Lipinski definition) is 1. The number of nitrogens with two attached hydrogens (primary N) is 1. The highest BCUT2D eigenvalue weighted by atomic mass is 35.5. The second-order valence-electron chi connectivity index (χ2n) is 3.33. The Balaban J connectivity index is 2.01. The highest BCUT2D eigenvalue weighted by Gasteiger charge is 2.03. The van der Waals surface area contributed by atoms with Gasteiger partial charge in [-0.15, -0.1) is 11.3 Å². The number of benzene rings is 1. The Kier molecular flexibility index (Phi) is 4.23. The summed E-state index contributed by atoms with van der Waals surface area (Å²) in [4.78, 5) is 4.29. The zero-order valence-corrected chi connectivity index (χ0v) is 11.1. The molecule has 0 bridgehead atoms. The first-order chi connectivity index (χ1) is 8.17. The van der Waals surface area contributed by atoms with Gasteiger partial charge in [0, 0.05) is 22.0 Å². The molecule has 0 fully saturated rings.